The van der Waals surface area contributed by atoms with Gasteiger partial charge in [-0.15, -0.1) is 0 Å². The Balaban J connectivity index is 1.67. The summed E-state index contributed by atoms with van der Waals surface area (Å²) < 4.78 is 16.5. The molecule has 1 amide bonds. The van der Waals surface area contributed by atoms with Crippen molar-refractivity contribution in [3.05, 3.63) is 53.6 Å². The number of ether oxygens (including phenoxy) is 3. The average molecular weight is 327 g/mol. The highest BCUT2D eigenvalue weighted by molar-refractivity contribution is 5.94. The lowest BCUT2D eigenvalue weighted by Crippen LogP contribution is -2.26. The molecule has 0 saturated heterocycles. The van der Waals surface area contributed by atoms with Crippen molar-refractivity contribution in [2.75, 3.05) is 26.9 Å². The van der Waals surface area contributed by atoms with Crippen molar-refractivity contribution in [2.45, 2.75) is 13.5 Å². The van der Waals surface area contributed by atoms with Crippen molar-refractivity contribution in [2.24, 2.45) is 0 Å². The molecular formula is C19H21NO4. The zero-order chi connectivity index (χ0) is 16.9. The van der Waals surface area contributed by atoms with Gasteiger partial charge in [0.2, 0.25) is 0 Å². The Morgan fingerprint density at radius 3 is 2.50 bits per heavy atom. The fourth-order valence-corrected chi connectivity index (χ4v) is 2.61. The Hall–Kier alpha value is -2.69. The second kappa shape index (κ2) is 7.25. The van der Waals surface area contributed by atoms with E-state index >= 15 is 0 Å². The second-order valence-electron chi connectivity index (χ2n) is 5.60. The maximum Gasteiger partial charge on any atom is 0.253 e. The smallest absolute Gasteiger partial charge is 0.253 e. The van der Waals surface area contributed by atoms with Crippen LogP contribution in [0.2, 0.25) is 0 Å². The van der Waals surface area contributed by atoms with Crippen LogP contribution in [0.15, 0.2) is 42.5 Å². The molecule has 0 aromatic heterocycles. The van der Waals surface area contributed by atoms with Crippen LogP contribution in [-0.2, 0) is 6.54 Å². The summed E-state index contributed by atoms with van der Waals surface area (Å²) in [7, 11) is 1.79. The van der Waals surface area contributed by atoms with Gasteiger partial charge in [-0.3, -0.25) is 4.79 Å². The third-order valence-corrected chi connectivity index (χ3v) is 3.79. The molecule has 2 aromatic rings. The number of fused-ring (bicyclic) bond motifs is 1. The zero-order valence-corrected chi connectivity index (χ0v) is 14.0. The van der Waals surface area contributed by atoms with Crippen LogP contribution >= 0.6 is 0 Å². The highest BCUT2D eigenvalue weighted by Gasteiger charge is 2.15. The van der Waals surface area contributed by atoms with Crippen molar-refractivity contribution in [1.29, 1.82) is 0 Å². The van der Waals surface area contributed by atoms with Gasteiger partial charge in [0.15, 0.2) is 11.5 Å². The summed E-state index contributed by atoms with van der Waals surface area (Å²) in [5.41, 5.74) is 1.64. The molecule has 0 unspecified atom stereocenters. The molecule has 24 heavy (non-hydrogen) atoms. The number of amides is 1. The fraction of sp³-hybridized carbons (Fsp3) is 0.316. The van der Waals surface area contributed by atoms with E-state index in [1.165, 1.54) is 0 Å². The van der Waals surface area contributed by atoms with Gasteiger partial charge in [-0.2, -0.15) is 0 Å². The van der Waals surface area contributed by atoms with E-state index in [0.717, 1.165) is 22.8 Å². The van der Waals surface area contributed by atoms with Crippen LogP contribution < -0.4 is 14.2 Å². The largest absolute Gasteiger partial charge is 0.494 e. The fourth-order valence-electron chi connectivity index (χ4n) is 2.61. The lowest BCUT2D eigenvalue weighted by Gasteiger charge is -2.21. The third kappa shape index (κ3) is 3.62. The Kier molecular flexibility index (Phi) is 4.89. The number of rotatable bonds is 5. The van der Waals surface area contributed by atoms with E-state index in [9.17, 15) is 4.79 Å². The van der Waals surface area contributed by atoms with Gasteiger partial charge in [-0.1, -0.05) is 6.07 Å². The summed E-state index contributed by atoms with van der Waals surface area (Å²) in [6.07, 6.45) is 0. The number of carbonyl (C=O) groups is 1. The molecule has 126 valence electrons. The van der Waals surface area contributed by atoms with Gasteiger partial charge >= 0.3 is 0 Å². The van der Waals surface area contributed by atoms with Gasteiger partial charge in [-0.05, 0) is 48.9 Å². The normalized spacial score (nSPS) is 12.6. The molecule has 2 aromatic carbocycles. The molecule has 0 N–H and O–H groups in total. The summed E-state index contributed by atoms with van der Waals surface area (Å²) in [4.78, 5) is 14.2. The summed E-state index contributed by atoms with van der Waals surface area (Å²) >= 11 is 0. The predicted molar refractivity (Wildman–Crippen MR) is 90.8 cm³/mol. The first-order chi connectivity index (χ1) is 11.7. The van der Waals surface area contributed by atoms with Crippen molar-refractivity contribution < 1.29 is 19.0 Å². The van der Waals surface area contributed by atoms with Crippen molar-refractivity contribution in [1.82, 2.24) is 4.90 Å². The Morgan fingerprint density at radius 1 is 1.08 bits per heavy atom. The molecule has 0 spiro atoms. The topological polar surface area (TPSA) is 48.0 Å². The first-order valence-corrected chi connectivity index (χ1v) is 8.04. The summed E-state index contributed by atoms with van der Waals surface area (Å²) in [5.74, 6) is 2.22. The molecule has 0 aliphatic carbocycles. The summed E-state index contributed by atoms with van der Waals surface area (Å²) in [6.45, 7) is 4.17. The number of benzene rings is 2. The SMILES string of the molecule is CCOc1ccc(C(=O)N(C)Cc2ccc3c(c2)OCCO3)cc1. The molecule has 0 radical (unpaired) electrons. The highest BCUT2D eigenvalue weighted by atomic mass is 16.6. The molecule has 0 saturated carbocycles. The number of hydrogen-bond donors (Lipinski definition) is 0. The van der Waals surface area contributed by atoms with Gasteiger partial charge in [0.25, 0.3) is 5.91 Å². The minimum Gasteiger partial charge on any atom is -0.494 e. The molecule has 0 bridgehead atoms. The molecule has 1 aliphatic heterocycles. The van der Waals surface area contributed by atoms with Gasteiger partial charge in [0.05, 0.1) is 6.61 Å². The van der Waals surface area contributed by atoms with Crippen LogP contribution in [0.25, 0.3) is 0 Å². The molecular weight excluding hydrogens is 306 g/mol. The Bertz CT molecular complexity index is 712. The van der Waals surface area contributed by atoms with Gasteiger partial charge in [0.1, 0.15) is 19.0 Å². The van der Waals surface area contributed by atoms with Crippen molar-refractivity contribution >= 4 is 5.91 Å². The lowest BCUT2D eigenvalue weighted by atomic mass is 10.1. The van der Waals surface area contributed by atoms with E-state index in [-0.39, 0.29) is 5.91 Å². The molecule has 3 rings (SSSR count). The molecule has 5 heteroatoms. The van der Waals surface area contributed by atoms with Crippen LogP contribution in [0, 0.1) is 0 Å². The first kappa shape index (κ1) is 16.2. The number of carbonyl (C=O) groups excluding carboxylic acids is 1. The maximum atomic E-state index is 12.5. The monoisotopic (exact) mass is 327 g/mol. The van der Waals surface area contributed by atoms with E-state index in [1.54, 1.807) is 24.1 Å². The van der Waals surface area contributed by atoms with Crippen molar-refractivity contribution in [3.63, 3.8) is 0 Å². The second-order valence-corrected chi connectivity index (χ2v) is 5.60. The number of hydrogen-bond acceptors (Lipinski definition) is 4. The van der Waals surface area contributed by atoms with E-state index in [4.69, 9.17) is 14.2 Å². The minimum atomic E-state index is -0.0343. The molecule has 0 atom stereocenters. The number of nitrogens with zero attached hydrogens (tertiary/aromatic N) is 1. The summed E-state index contributed by atoms with van der Waals surface area (Å²) in [5, 5.41) is 0. The van der Waals surface area contributed by atoms with Gasteiger partial charge in [-0.25, -0.2) is 0 Å². The van der Waals surface area contributed by atoms with Gasteiger partial charge < -0.3 is 19.1 Å². The van der Waals surface area contributed by atoms with Gasteiger partial charge in [0, 0.05) is 19.2 Å². The first-order valence-electron chi connectivity index (χ1n) is 8.04. The predicted octanol–water partition coefficient (Wildman–Crippen LogP) is 3.13. The standard InChI is InChI=1S/C19H21NO4/c1-3-22-16-7-5-15(6-8-16)19(21)20(2)13-14-4-9-17-18(12-14)24-11-10-23-17/h4-9,12H,3,10-11,13H2,1-2H3. The average Bonchev–Trinajstić information content (AvgIpc) is 2.62. The van der Waals surface area contributed by atoms with E-state index in [1.807, 2.05) is 37.3 Å². The van der Waals surface area contributed by atoms with Crippen LogP contribution in [-0.4, -0.2) is 37.7 Å². The molecule has 5 nitrogen and oxygen atoms in total. The quantitative estimate of drug-likeness (QED) is 0.846. The molecule has 0 fully saturated rings. The molecule has 1 heterocycles. The van der Waals surface area contributed by atoms with E-state index in [0.29, 0.717) is 31.9 Å². The Morgan fingerprint density at radius 2 is 1.79 bits per heavy atom. The lowest BCUT2D eigenvalue weighted by molar-refractivity contribution is 0.0784. The molecule has 1 aliphatic rings. The third-order valence-electron chi connectivity index (χ3n) is 3.79. The Labute approximate surface area is 141 Å². The van der Waals surface area contributed by atoms with E-state index in [2.05, 4.69) is 0 Å². The van der Waals surface area contributed by atoms with Crippen LogP contribution in [0.4, 0.5) is 0 Å². The van der Waals surface area contributed by atoms with Crippen molar-refractivity contribution in [3.8, 4) is 17.2 Å². The van der Waals surface area contributed by atoms with Crippen LogP contribution in [0.1, 0.15) is 22.8 Å². The maximum absolute atomic E-state index is 12.5. The van der Waals surface area contributed by atoms with Crippen LogP contribution in [0.5, 0.6) is 17.2 Å². The van der Waals surface area contributed by atoms with E-state index < -0.39 is 0 Å². The van der Waals surface area contributed by atoms with Crippen LogP contribution in [0.3, 0.4) is 0 Å². The highest BCUT2D eigenvalue weighted by Crippen LogP contribution is 2.31. The summed E-state index contributed by atoms with van der Waals surface area (Å²) in [6, 6.07) is 13.0. The zero-order valence-electron chi connectivity index (χ0n) is 14.0. The minimum absolute atomic E-state index is 0.0343.